The topological polar surface area (TPSA) is 417 Å². The van der Waals surface area contributed by atoms with E-state index in [0.29, 0.717) is 75.3 Å². The smallest absolute Gasteiger partial charge is 0.550 e. The molecule has 3 aromatic carbocycles. The average molecular weight is 1550 g/mol. The second-order valence-electron chi connectivity index (χ2n) is 25.1. The summed E-state index contributed by atoms with van der Waals surface area (Å²) in [6.45, 7) is 16.3. The number of benzene rings is 3. The zero-order chi connectivity index (χ0) is 79.1. The number of aliphatic hydroxyl groups excluding tert-OH is 6. The third-order valence-electron chi connectivity index (χ3n) is 14.2. The van der Waals surface area contributed by atoms with Crippen LogP contribution in [-0.4, -0.2) is 227 Å². The predicted octanol–water partition coefficient (Wildman–Crippen LogP) is 5.66. The third kappa shape index (κ3) is 37.3. The normalized spacial score (nSPS) is 12.6. The number of carboxylic acid groups (broad SMARTS) is 2. The summed E-state index contributed by atoms with van der Waals surface area (Å²) in [5.41, 5.74) is 8.17. The first kappa shape index (κ1) is 97.2. The zero-order valence-electron chi connectivity index (χ0n) is 61.0. The molecule has 0 aliphatic carbocycles. The number of rotatable bonds is 30. The van der Waals surface area contributed by atoms with E-state index in [1.807, 2.05) is 97.7 Å². The number of halogens is 3. The Morgan fingerprint density at radius 2 is 0.676 bits per heavy atom. The SMILES string of the molecule is CC(C)CCOC(=O)C[C@H](O)C[C@H](O)/C=C/c1c(-c2ccc(F)cc2)nc(N(C)C)nc1C(C)C.CC(C)c1nc(N(C)C)nc(-c2ccc(F)cc2)c1/C=C/[C@@H](O)C[C@@H](O)CC(=O)[O-].CC(C)c1nc(N(C)C)nc(-c2ccc(F)cc2)c1/C=C/[C@@H](O)C[C@@H](O)CC(=O)[O-].O=S=O.O=S=O.O=S=O.[Ca+2]. The van der Waals surface area contributed by atoms with Crippen molar-refractivity contribution < 1.29 is 98.4 Å². The number of carboxylic acids is 2. The minimum absolute atomic E-state index is 0. The summed E-state index contributed by atoms with van der Waals surface area (Å²) in [5, 5.41) is 81.7. The van der Waals surface area contributed by atoms with Crippen molar-refractivity contribution in [3.63, 3.8) is 0 Å². The molecule has 105 heavy (non-hydrogen) atoms. The van der Waals surface area contributed by atoms with Crippen molar-refractivity contribution in [2.45, 2.75) is 155 Å². The number of nitrogens with zero attached hydrogens (tertiary/aromatic N) is 9. The van der Waals surface area contributed by atoms with Crippen molar-refractivity contribution in [3.8, 4) is 33.8 Å². The fraction of sp³-hybridized carbons (Fsp3) is 0.451. The molecule has 34 heteroatoms. The summed E-state index contributed by atoms with van der Waals surface area (Å²) in [6.07, 6.45) is 2.07. The number of hydrogen-bond donors (Lipinski definition) is 6. The van der Waals surface area contributed by atoms with Crippen LogP contribution >= 0.6 is 0 Å². The van der Waals surface area contributed by atoms with Gasteiger partial charge in [-0.15, -0.1) is 0 Å². The number of hydrogen-bond acceptors (Lipinski definition) is 27. The number of aromatic nitrogens is 6. The van der Waals surface area contributed by atoms with Crippen LogP contribution in [-0.2, 0) is 53.8 Å². The van der Waals surface area contributed by atoms with Gasteiger partial charge < -0.3 is 69.9 Å². The van der Waals surface area contributed by atoms with Gasteiger partial charge in [-0.05, 0) is 103 Å². The third-order valence-corrected chi connectivity index (χ3v) is 14.2. The van der Waals surface area contributed by atoms with Gasteiger partial charge >= 0.3 is 78.4 Å². The van der Waals surface area contributed by atoms with E-state index < -0.39 is 102 Å². The molecule has 6 N–H and O–H groups in total. The van der Waals surface area contributed by atoms with E-state index in [-0.39, 0.29) is 98.6 Å². The number of esters is 1. The quantitative estimate of drug-likeness (QED) is 0.0234. The molecule has 0 saturated carbocycles. The van der Waals surface area contributed by atoms with E-state index >= 15 is 0 Å². The van der Waals surface area contributed by atoms with Crippen molar-refractivity contribution in [2.24, 2.45) is 5.92 Å². The van der Waals surface area contributed by atoms with Gasteiger partial charge in [0.2, 0.25) is 17.8 Å². The summed E-state index contributed by atoms with van der Waals surface area (Å²) >= 11 is -2.25. The Balaban J connectivity index is 0.00000146. The molecule has 0 bridgehead atoms. The zero-order valence-corrected chi connectivity index (χ0v) is 65.7. The fourth-order valence-electron chi connectivity index (χ4n) is 9.31. The molecule has 6 atom stereocenters. The van der Waals surface area contributed by atoms with Crippen LogP contribution in [0.3, 0.4) is 0 Å². The standard InChI is InChI=1S/C27H38FN3O4.2C22H28FN3O4.Ca.3O2S/c1-17(2)13-14-35-24(34)16-22(33)15-21(32)11-12-23-25(18(3)4)29-27(31(5)6)30-26(23)19-7-9-20(28)10-8-19;2*1-13(2)20-18(10-9-16(27)11-17(28)12-19(29)30)21(25-22(24-20)26(3)4)14-5-7-15(23)8-6-14;;3*1-3-2/h7-12,17-18,21-22,32-33H,13-16H2,1-6H3;2*5-10,13,16-17,27-28H,11-12H2,1-4H3,(H,29,30);;;;/q;;;+2;;;/p-2/b12-11+;2*10-9+;;;;/t21-,22-;2*16-,17-;;;;/m111..../s1. The minimum atomic E-state index is -1.38. The van der Waals surface area contributed by atoms with Crippen LogP contribution < -0.4 is 24.9 Å². The molecule has 3 aromatic heterocycles. The van der Waals surface area contributed by atoms with Crippen LogP contribution in [0.2, 0.25) is 0 Å². The van der Waals surface area contributed by atoms with Gasteiger partial charge in [0.05, 0.1) is 83.8 Å². The summed E-state index contributed by atoms with van der Waals surface area (Å²) in [7, 11) is 11.0. The van der Waals surface area contributed by atoms with Crippen molar-refractivity contribution in [3.05, 3.63) is 142 Å². The van der Waals surface area contributed by atoms with Crippen molar-refractivity contribution in [1.82, 2.24) is 29.9 Å². The van der Waals surface area contributed by atoms with Gasteiger partial charge in [0.1, 0.15) is 17.5 Å². The Labute approximate surface area is 650 Å². The number of aliphatic hydroxyl groups is 6. The molecule has 0 aliphatic heterocycles. The Hall–Kier alpha value is -7.80. The van der Waals surface area contributed by atoms with Crippen LogP contribution in [0.25, 0.3) is 52.0 Å². The number of carbonyl (C=O) groups is 3. The first-order valence-corrected chi connectivity index (χ1v) is 34.4. The summed E-state index contributed by atoms with van der Waals surface area (Å²) in [5.74, 6) is -2.25. The fourth-order valence-corrected chi connectivity index (χ4v) is 9.31. The molecular formula is C71H92CaF3N9O18S3. The van der Waals surface area contributed by atoms with Crippen LogP contribution in [0.1, 0.15) is 152 Å². The molecule has 0 aliphatic rings. The van der Waals surface area contributed by atoms with Crippen molar-refractivity contribution in [1.29, 1.82) is 0 Å². The van der Waals surface area contributed by atoms with Crippen LogP contribution in [0.4, 0.5) is 31.0 Å². The Morgan fingerprint density at radius 1 is 0.438 bits per heavy atom. The Kier molecular flexibility index (Phi) is 47.6. The van der Waals surface area contributed by atoms with E-state index in [1.165, 1.54) is 48.6 Å². The van der Waals surface area contributed by atoms with Crippen molar-refractivity contribution in [2.75, 3.05) is 63.6 Å². The maximum absolute atomic E-state index is 13.5. The molecule has 6 rings (SSSR count). The molecule has 6 aromatic rings. The second kappa shape index (κ2) is 51.4. The average Bonchev–Trinajstić information content (AvgIpc) is 0.805. The summed E-state index contributed by atoms with van der Waals surface area (Å²) in [4.78, 5) is 66.3. The van der Waals surface area contributed by atoms with Crippen LogP contribution in [0, 0.1) is 23.4 Å². The molecule has 0 radical (unpaired) electrons. The van der Waals surface area contributed by atoms with Gasteiger partial charge in [0, 0.05) is 120 Å². The predicted molar refractivity (Wildman–Crippen MR) is 391 cm³/mol. The Morgan fingerprint density at radius 3 is 0.886 bits per heavy atom. The first-order chi connectivity index (χ1) is 48.9. The molecule has 0 unspecified atom stereocenters. The van der Waals surface area contributed by atoms with E-state index in [1.54, 1.807) is 75.4 Å². The molecule has 27 nitrogen and oxygen atoms in total. The van der Waals surface area contributed by atoms with E-state index in [0.717, 1.165) is 29.1 Å². The molecule has 0 saturated heterocycles. The van der Waals surface area contributed by atoms with Gasteiger partial charge in [-0.1, -0.05) is 91.8 Å². The number of aliphatic carboxylic acids is 2. The van der Waals surface area contributed by atoms with Gasteiger partial charge in [-0.3, -0.25) is 4.79 Å². The first-order valence-electron chi connectivity index (χ1n) is 32.4. The largest absolute Gasteiger partial charge is 2.00 e. The molecular weight excluding hydrogens is 1460 g/mol. The number of carbonyl (C=O) groups excluding carboxylic acids is 3. The van der Waals surface area contributed by atoms with Gasteiger partial charge in [-0.25, -0.2) is 43.1 Å². The van der Waals surface area contributed by atoms with Gasteiger partial charge in [0.15, 0.2) is 0 Å². The van der Waals surface area contributed by atoms with Crippen LogP contribution in [0.15, 0.2) is 91.0 Å². The van der Waals surface area contributed by atoms with Crippen molar-refractivity contribution >= 4 is 126 Å². The summed E-state index contributed by atoms with van der Waals surface area (Å²) in [6, 6.07) is 17.9. The summed E-state index contributed by atoms with van der Waals surface area (Å²) < 4.78 is 95.3. The minimum Gasteiger partial charge on any atom is -0.550 e. The Bertz CT molecular complexity index is 3690. The second-order valence-corrected chi connectivity index (χ2v) is 25.5. The van der Waals surface area contributed by atoms with Gasteiger partial charge in [0.25, 0.3) is 0 Å². The molecule has 0 amide bonds. The van der Waals surface area contributed by atoms with E-state index in [4.69, 9.17) is 35.0 Å². The van der Waals surface area contributed by atoms with E-state index in [2.05, 4.69) is 24.9 Å². The monoisotopic (exact) mass is 1550 g/mol. The number of ether oxygens (including phenoxy) is 1. The molecule has 0 spiro atoms. The maximum atomic E-state index is 13.5. The van der Waals surface area contributed by atoms with Gasteiger partial charge in [-0.2, -0.15) is 25.3 Å². The number of anilines is 3. The molecule has 0 fully saturated rings. The molecule has 3 heterocycles. The molecule has 570 valence electrons. The maximum Gasteiger partial charge on any atom is 2.00 e. The van der Waals surface area contributed by atoms with E-state index in [9.17, 15) is 68.4 Å². The van der Waals surface area contributed by atoms with Crippen LogP contribution in [0.5, 0.6) is 0 Å².